The van der Waals surface area contributed by atoms with E-state index in [1.807, 2.05) is 49.4 Å². The van der Waals surface area contributed by atoms with Crippen molar-refractivity contribution in [3.63, 3.8) is 0 Å². The molecule has 2 aromatic carbocycles. The normalized spacial score (nSPS) is 10.6. The van der Waals surface area contributed by atoms with E-state index >= 15 is 0 Å². The highest BCUT2D eigenvalue weighted by atomic mass is 16.5. The molecule has 0 amide bonds. The molecular weight excluding hydrogens is 360 g/mol. The van der Waals surface area contributed by atoms with Gasteiger partial charge in [0.15, 0.2) is 0 Å². The first-order chi connectivity index (χ1) is 13.9. The topological polar surface area (TPSA) is 63.0 Å². The Bertz CT molecular complexity index is 1080. The zero-order valence-electron chi connectivity index (χ0n) is 17.2. The summed E-state index contributed by atoms with van der Waals surface area (Å²) in [5, 5.41) is 9.89. The Kier molecular flexibility index (Phi) is 6.09. The van der Waals surface area contributed by atoms with Crippen LogP contribution >= 0.6 is 0 Å². The molecule has 0 aliphatic carbocycles. The molecule has 3 rings (SSSR count). The van der Waals surface area contributed by atoms with Crippen molar-refractivity contribution >= 4 is 5.97 Å². The third kappa shape index (κ3) is 4.52. The van der Waals surface area contributed by atoms with Crippen molar-refractivity contribution in [1.82, 2.24) is 4.98 Å². The Balaban J connectivity index is 2.23. The lowest BCUT2D eigenvalue weighted by Crippen LogP contribution is -2.05. The van der Waals surface area contributed by atoms with Gasteiger partial charge in [-0.1, -0.05) is 55.8 Å². The summed E-state index contributed by atoms with van der Waals surface area (Å²) >= 11 is 0. The standard InChI is InChI=1S/C25H24N2O2/c1-16(2)12-24-22(15-26)21(18-10-8-17(3)9-11-18)14-23(27-24)19-6-5-7-20(13-19)25(28)29-4/h5-11,13-14,16H,12H2,1-4H3. The molecule has 0 atom stereocenters. The average molecular weight is 384 g/mol. The van der Waals surface area contributed by atoms with Crippen LogP contribution in [0.1, 0.15) is 41.0 Å². The fourth-order valence-electron chi connectivity index (χ4n) is 3.29. The van der Waals surface area contributed by atoms with Gasteiger partial charge in [0.05, 0.1) is 29.6 Å². The van der Waals surface area contributed by atoms with Gasteiger partial charge < -0.3 is 4.74 Å². The Morgan fingerprint density at radius 1 is 1.10 bits per heavy atom. The van der Waals surface area contributed by atoms with E-state index in [9.17, 15) is 10.1 Å². The van der Waals surface area contributed by atoms with E-state index in [0.717, 1.165) is 33.6 Å². The molecule has 0 bridgehead atoms. The maximum atomic E-state index is 11.9. The van der Waals surface area contributed by atoms with Crippen LogP contribution in [-0.4, -0.2) is 18.1 Å². The summed E-state index contributed by atoms with van der Waals surface area (Å²) in [7, 11) is 1.37. The smallest absolute Gasteiger partial charge is 0.337 e. The van der Waals surface area contributed by atoms with Gasteiger partial charge in [-0.05, 0) is 43.0 Å². The van der Waals surface area contributed by atoms with Crippen LogP contribution in [0.5, 0.6) is 0 Å². The highest BCUT2D eigenvalue weighted by molar-refractivity contribution is 5.91. The number of nitrogens with zero attached hydrogens (tertiary/aromatic N) is 2. The zero-order valence-corrected chi connectivity index (χ0v) is 17.2. The second-order valence-corrected chi connectivity index (χ2v) is 7.52. The number of carbonyl (C=O) groups is 1. The highest BCUT2D eigenvalue weighted by Crippen LogP contribution is 2.31. The number of aryl methyl sites for hydroxylation is 1. The number of ether oxygens (including phenoxy) is 1. The Hall–Kier alpha value is -3.45. The van der Waals surface area contributed by atoms with Crippen LogP contribution in [0.4, 0.5) is 0 Å². The van der Waals surface area contributed by atoms with Gasteiger partial charge in [0.1, 0.15) is 6.07 Å². The minimum atomic E-state index is -0.387. The molecule has 0 unspecified atom stereocenters. The van der Waals surface area contributed by atoms with Gasteiger partial charge >= 0.3 is 5.97 Å². The van der Waals surface area contributed by atoms with Crippen LogP contribution in [-0.2, 0) is 11.2 Å². The van der Waals surface area contributed by atoms with Gasteiger partial charge in [0.25, 0.3) is 0 Å². The molecule has 0 aliphatic rings. The van der Waals surface area contributed by atoms with Crippen LogP contribution in [0.15, 0.2) is 54.6 Å². The molecule has 29 heavy (non-hydrogen) atoms. The van der Waals surface area contributed by atoms with Crippen LogP contribution < -0.4 is 0 Å². The molecule has 4 nitrogen and oxygen atoms in total. The molecule has 0 saturated carbocycles. The molecule has 146 valence electrons. The van der Waals surface area contributed by atoms with Crippen molar-refractivity contribution in [3.8, 4) is 28.5 Å². The van der Waals surface area contributed by atoms with Gasteiger partial charge in [0, 0.05) is 11.1 Å². The third-order valence-electron chi connectivity index (χ3n) is 4.75. The van der Waals surface area contributed by atoms with E-state index in [1.165, 1.54) is 7.11 Å². The van der Waals surface area contributed by atoms with Crippen molar-refractivity contribution in [3.05, 3.63) is 77.0 Å². The quantitative estimate of drug-likeness (QED) is 0.539. The molecule has 3 aromatic rings. The van der Waals surface area contributed by atoms with Gasteiger partial charge in [-0.25, -0.2) is 4.79 Å². The summed E-state index contributed by atoms with van der Waals surface area (Å²) in [6.07, 6.45) is 0.701. The van der Waals surface area contributed by atoms with Crippen molar-refractivity contribution < 1.29 is 9.53 Å². The van der Waals surface area contributed by atoms with E-state index in [2.05, 4.69) is 19.9 Å². The summed E-state index contributed by atoms with van der Waals surface area (Å²) in [4.78, 5) is 16.8. The lowest BCUT2D eigenvalue weighted by molar-refractivity contribution is 0.0601. The monoisotopic (exact) mass is 384 g/mol. The molecular formula is C25H24N2O2. The number of hydrogen-bond donors (Lipinski definition) is 0. The molecule has 0 fully saturated rings. The molecule has 0 aliphatic heterocycles. The summed E-state index contributed by atoms with van der Waals surface area (Å²) in [6.45, 7) is 6.26. The number of rotatable bonds is 5. The summed E-state index contributed by atoms with van der Waals surface area (Å²) in [5.41, 5.74) is 6.40. The summed E-state index contributed by atoms with van der Waals surface area (Å²) < 4.78 is 4.84. The number of hydrogen-bond acceptors (Lipinski definition) is 4. The fraction of sp³-hybridized carbons (Fsp3) is 0.240. The molecule has 0 spiro atoms. The van der Waals surface area contributed by atoms with E-state index < -0.39 is 0 Å². The summed E-state index contributed by atoms with van der Waals surface area (Å²) in [6, 6.07) is 19.7. The maximum Gasteiger partial charge on any atom is 0.337 e. The number of benzene rings is 2. The van der Waals surface area contributed by atoms with Crippen molar-refractivity contribution in [2.24, 2.45) is 5.92 Å². The number of pyridine rings is 1. The minimum Gasteiger partial charge on any atom is -0.465 e. The van der Waals surface area contributed by atoms with E-state index in [1.54, 1.807) is 12.1 Å². The van der Waals surface area contributed by atoms with Gasteiger partial charge in [-0.2, -0.15) is 5.26 Å². The molecule has 0 N–H and O–H groups in total. The van der Waals surface area contributed by atoms with Crippen molar-refractivity contribution in [1.29, 1.82) is 5.26 Å². The molecule has 4 heteroatoms. The first kappa shape index (κ1) is 20.3. The summed E-state index contributed by atoms with van der Waals surface area (Å²) in [5.74, 6) is -0.0289. The van der Waals surface area contributed by atoms with Gasteiger partial charge in [0.2, 0.25) is 0 Å². The van der Waals surface area contributed by atoms with Crippen molar-refractivity contribution in [2.75, 3.05) is 7.11 Å². The lowest BCUT2D eigenvalue weighted by atomic mass is 9.93. The maximum absolute atomic E-state index is 11.9. The van der Waals surface area contributed by atoms with Gasteiger partial charge in [-0.3, -0.25) is 4.98 Å². The van der Waals surface area contributed by atoms with Gasteiger partial charge in [-0.15, -0.1) is 0 Å². The Morgan fingerprint density at radius 2 is 1.83 bits per heavy atom. The Morgan fingerprint density at radius 3 is 2.45 bits per heavy atom. The van der Waals surface area contributed by atoms with Crippen LogP contribution in [0, 0.1) is 24.2 Å². The van der Waals surface area contributed by atoms with Crippen LogP contribution in [0.2, 0.25) is 0 Å². The van der Waals surface area contributed by atoms with E-state index in [0.29, 0.717) is 23.5 Å². The number of methoxy groups -OCH3 is 1. The second-order valence-electron chi connectivity index (χ2n) is 7.52. The van der Waals surface area contributed by atoms with E-state index in [4.69, 9.17) is 9.72 Å². The number of aromatic nitrogens is 1. The number of esters is 1. The SMILES string of the molecule is COC(=O)c1cccc(-c2cc(-c3ccc(C)cc3)c(C#N)c(CC(C)C)n2)c1. The first-order valence-electron chi connectivity index (χ1n) is 9.62. The van der Waals surface area contributed by atoms with Crippen LogP contribution in [0.3, 0.4) is 0 Å². The predicted octanol–water partition coefficient (Wildman–Crippen LogP) is 5.58. The van der Waals surface area contributed by atoms with E-state index in [-0.39, 0.29) is 5.97 Å². The first-order valence-corrected chi connectivity index (χ1v) is 9.62. The molecule has 1 aromatic heterocycles. The third-order valence-corrected chi connectivity index (χ3v) is 4.75. The predicted molar refractivity (Wildman–Crippen MR) is 114 cm³/mol. The minimum absolute atomic E-state index is 0.358. The van der Waals surface area contributed by atoms with Crippen molar-refractivity contribution in [2.45, 2.75) is 27.2 Å². The largest absolute Gasteiger partial charge is 0.465 e. The second kappa shape index (κ2) is 8.70. The lowest BCUT2D eigenvalue weighted by Gasteiger charge is -2.14. The Labute approximate surface area is 171 Å². The molecule has 0 radical (unpaired) electrons. The molecule has 0 saturated heterocycles. The highest BCUT2D eigenvalue weighted by Gasteiger charge is 2.17. The zero-order chi connectivity index (χ0) is 21.0. The molecule has 1 heterocycles. The average Bonchev–Trinajstić information content (AvgIpc) is 2.73. The number of carbonyl (C=O) groups excluding carboxylic acids is 1. The van der Waals surface area contributed by atoms with Crippen LogP contribution in [0.25, 0.3) is 22.4 Å². The fourth-order valence-corrected chi connectivity index (χ4v) is 3.29. The number of nitriles is 1.